The molecule has 2 rings (SSSR count). The van der Waals surface area contributed by atoms with Crippen molar-refractivity contribution in [2.45, 2.75) is 4.83 Å². The van der Waals surface area contributed by atoms with E-state index in [0.29, 0.717) is 0 Å². The van der Waals surface area contributed by atoms with E-state index in [1.54, 1.807) is 11.3 Å². The van der Waals surface area contributed by atoms with Gasteiger partial charge in [-0.05, 0) is 89.8 Å². The van der Waals surface area contributed by atoms with E-state index < -0.39 is 0 Å². The maximum Gasteiger partial charge on any atom is 0.0757 e. The quantitative estimate of drug-likeness (QED) is 0.269. The molecule has 0 fully saturated rings. The van der Waals surface area contributed by atoms with Gasteiger partial charge in [-0.2, -0.15) is 0 Å². The Balaban J connectivity index is 2.46. The van der Waals surface area contributed by atoms with Crippen LogP contribution in [-0.4, -0.2) is 0 Å². The first kappa shape index (κ1) is 14.8. The number of hydrogen-bond acceptors (Lipinski definition) is 1. The van der Waals surface area contributed by atoms with Gasteiger partial charge in [0, 0.05) is 8.59 Å². The van der Waals surface area contributed by atoms with Crippen LogP contribution in [0, 0.1) is 3.57 Å². The number of rotatable bonds is 2. The Morgan fingerprint density at radius 3 is 2.47 bits per heavy atom. The zero-order valence-corrected chi connectivity index (χ0v) is 16.7. The summed E-state index contributed by atoms with van der Waals surface area (Å²) in [4.78, 5) is 0.144. The van der Waals surface area contributed by atoms with E-state index in [0.717, 1.165) is 12.6 Å². The molecule has 0 saturated heterocycles. The largest absolute Gasteiger partial charge is 0.121 e. The standard InChI is InChI=1S/C11H5Br3ClIS/c12-9-4-7(11(14)17-9)10(13)6-3-5(15)1-2-8(6)16/h1-4,10H. The number of halogens is 5. The third-order valence-corrected chi connectivity index (χ3v) is 6.78. The van der Waals surface area contributed by atoms with Crippen molar-refractivity contribution in [3.05, 3.63) is 51.6 Å². The van der Waals surface area contributed by atoms with Gasteiger partial charge < -0.3 is 0 Å². The fourth-order valence-electron chi connectivity index (χ4n) is 1.40. The molecule has 6 heteroatoms. The molecule has 0 aliphatic rings. The fraction of sp³-hybridized carbons (Fsp3) is 0.0909. The molecule has 2 aromatic rings. The minimum Gasteiger partial charge on any atom is -0.121 e. The SMILES string of the molecule is Clc1ccc(I)c(C(Br)c2cc(Br)sc2Br)c1. The van der Waals surface area contributed by atoms with Crippen molar-refractivity contribution in [3.8, 4) is 0 Å². The van der Waals surface area contributed by atoms with Crippen LogP contribution in [0.2, 0.25) is 5.02 Å². The van der Waals surface area contributed by atoms with Crippen molar-refractivity contribution >= 4 is 93.3 Å². The van der Waals surface area contributed by atoms with Crippen LogP contribution in [0.25, 0.3) is 0 Å². The molecule has 0 aliphatic carbocycles. The average Bonchev–Trinajstić information content (AvgIpc) is 2.60. The van der Waals surface area contributed by atoms with Gasteiger partial charge in [-0.15, -0.1) is 11.3 Å². The molecule has 17 heavy (non-hydrogen) atoms. The van der Waals surface area contributed by atoms with Gasteiger partial charge in [-0.1, -0.05) is 27.5 Å². The maximum absolute atomic E-state index is 6.05. The molecule has 0 saturated carbocycles. The summed E-state index contributed by atoms with van der Waals surface area (Å²) in [7, 11) is 0. The highest BCUT2D eigenvalue weighted by Crippen LogP contribution is 2.43. The third-order valence-electron chi connectivity index (χ3n) is 2.19. The van der Waals surface area contributed by atoms with Crippen LogP contribution in [0.4, 0.5) is 0 Å². The summed E-state index contributed by atoms with van der Waals surface area (Å²) in [5.74, 6) is 0. The zero-order chi connectivity index (χ0) is 12.6. The Morgan fingerprint density at radius 1 is 1.18 bits per heavy atom. The van der Waals surface area contributed by atoms with Crippen LogP contribution >= 0.6 is 93.3 Å². The van der Waals surface area contributed by atoms with E-state index in [1.807, 2.05) is 18.2 Å². The second-order valence-electron chi connectivity index (χ2n) is 3.31. The summed E-state index contributed by atoms with van der Waals surface area (Å²) in [5.41, 5.74) is 2.39. The number of benzene rings is 1. The Morgan fingerprint density at radius 2 is 1.88 bits per heavy atom. The zero-order valence-electron chi connectivity index (χ0n) is 8.18. The molecule has 90 valence electrons. The van der Waals surface area contributed by atoms with Crippen molar-refractivity contribution < 1.29 is 0 Å². The van der Waals surface area contributed by atoms with Gasteiger partial charge in [0.05, 0.1) is 12.4 Å². The molecule has 0 amide bonds. The number of hydrogen-bond donors (Lipinski definition) is 0. The molecule has 1 aromatic carbocycles. The lowest BCUT2D eigenvalue weighted by molar-refractivity contribution is 1.17. The molecule has 0 nitrogen and oxygen atoms in total. The minimum absolute atomic E-state index is 0.144. The van der Waals surface area contributed by atoms with Gasteiger partial charge in [0.15, 0.2) is 0 Å². The smallest absolute Gasteiger partial charge is 0.0757 e. The Labute approximate surface area is 148 Å². The second kappa shape index (κ2) is 6.22. The van der Waals surface area contributed by atoms with Crippen LogP contribution in [-0.2, 0) is 0 Å². The van der Waals surface area contributed by atoms with Gasteiger partial charge in [0.25, 0.3) is 0 Å². The van der Waals surface area contributed by atoms with Crippen molar-refractivity contribution in [2.75, 3.05) is 0 Å². The van der Waals surface area contributed by atoms with Crippen LogP contribution in [0.1, 0.15) is 16.0 Å². The summed E-state index contributed by atoms with van der Waals surface area (Å²) >= 11 is 20.9. The Hall–Kier alpha value is 1.38. The lowest BCUT2D eigenvalue weighted by Crippen LogP contribution is -1.95. The monoisotopic (exact) mass is 568 g/mol. The van der Waals surface area contributed by atoms with E-state index in [1.165, 1.54) is 14.7 Å². The van der Waals surface area contributed by atoms with Crippen LogP contribution in [0.15, 0.2) is 31.8 Å². The molecular weight excluding hydrogens is 566 g/mol. The summed E-state index contributed by atoms with van der Waals surface area (Å²) in [5, 5.41) is 0.760. The first-order chi connectivity index (χ1) is 7.99. The van der Waals surface area contributed by atoms with Crippen molar-refractivity contribution in [1.82, 2.24) is 0 Å². The van der Waals surface area contributed by atoms with E-state index in [2.05, 4.69) is 76.4 Å². The van der Waals surface area contributed by atoms with Gasteiger partial charge in [0.1, 0.15) is 0 Å². The molecule has 1 unspecified atom stereocenters. The van der Waals surface area contributed by atoms with Gasteiger partial charge in [0.2, 0.25) is 0 Å². The molecule has 0 radical (unpaired) electrons. The van der Waals surface area contributed by atoms with Crippen molar-refractivity contribution in [2.24, 2.45) is 0 Å². The predicted molar refractivity (Wildman–Crippen MR) is 94.7 cm³/mol. The molecule has 1 aromatic heterocycles. The first-order valence-electron chi connectivity index (χ1n) is 4.53. The van der Waals surface area contributed by atoms with Crippen LogP contribution < -0.4 is 0 Å². The lowest BCUT2D eigenvalue weighted by atomic mass is 10.1. The molecule has 0 N–H and O–H groups in total. The van der Waals surface area contributed by atoms with E-state index in [-0.39, 0.29) is 4.83 Å². The summed E-state index contributed by atoms with van der Waals surface area (Å²) in [6.07, 6.45) is 0. The van der Waals surface area contributed by atoms with Gasteiger partial charge >= 0.3 is 0 Å². The summed E-state index contributed by atoms with van der Waals surface area (Å²) < 4.78 is 3.44. The van der Waals surface area contributed by atoms with E-state index >= 15 is 0 Å². The highest BCUT2D eigenvalue weighted by atomic mass is 127. The van der Waals surface area contributed by atoms with Crippen LogP contribution in [0.3, 0.4) is 0 Å². The Bertz CT molecular complexity index is 556. The number of alkyl halides is 1. The first-order valence-corrected chi connectivity index (χ1v) is 9.30. The van der Waals surface area contributed by atoms with E-state index in [9.17, 15) is 0 Å². The molecule has 1 atom stereocenters. The highest BCUT2D eigenvalue weighted by Gasteiger charge is 2.18. The van der Waals surface area contributed by atoms with Gasteiger partial charge in [-0.25, -0.2) is 0 Å². The fourth-order valence-corrected chi connectivity index (χ4v) is 6.76. The molecular formula is C11H5Br3ClIS. The van der Waals surface area contributed by atoms with Gasteiger partial charge in [-0.3, -0.25) is 0 Å². The molecule has 0 spiro atoms. The van der Waals surface area contributed by atoms with Crippen molar-refractivity contribution in [1.29, 1.82) is 0 Å². The summed E-state index contributed by atoms with van der Waals surface area (Å²) in [6.45, 7) is 0. The van der Waals surface area contributed by atoms with Crippen molar-refractivity contribution in [3.63, 3.8) is 0 Å². The molecule has 0 bridgehead atoms. The normalized spacial score (nSPS) is 12.8. The molecule has 0 aliphatic heterocycles. The lowest BCUT2D eigenvalue weighted by Gasteiger charge is -2.12. The molecule has 1 heterocycles. The van der Waals surface area contributed by atoms with E-state index in [4.69, 9.17) is 11.6 Å². The Kier molecular flexibility index (Phi) is 5.41. The second-order valence-corrected chi connectivity index (χ2v) is 9.57. The number of thiophene rings is 1. The topological polar surface area (TPSA) is 0 Å². The average molecular weight is 571 g/mol. The third kappa shape index (κ3) is 3.48. The summed E-state index contributed by atoms with van der Waals surface area (Å²) in [6, 6.07) is 8.05. The van der Waals surface area contributed by atoms with Crippen LogP contribution in [0.5, 0.6) is 0 Å². The minimum atomic E-state index is 0.144. The maximum atomic E-state index is 6.05. The predicted octanol–water partition coefficient (Wildman–Crippen LogP) is 7.02. The highest BCUT2D eigenvalue weighted by molar-refractivity contribution is 14.1.